The molecule has 0 spiro atoms. The first-order valence-electron chi connectivity index (χ1n) is 9.33. The van der Waals surface area contributed by atoms with E-state index in [1.54, 1.807) is 0 Å². The second kappa shape index (κ2) is 10.0. The lowest BCUT2D eigenvalue weighted by molar-refractivity contribution is -0.00667. The van der Waals surface area contributed by atoms with Gasteiger partial charge in [-0.05, 0) is 74.3 Å². The molecule has 0 radical (unpaired) electrons. The number of hydrogen-bond donors (Lipinski definition) is 0. The lowest BCUT2D eigenvalue weighted by Crippen LogP contribution is -2.25. The van der Waals surface area contributed by atoms with Crippen LogP contribution in [-0.2, 0) is 0 Å². The Morgan fingerprint density at radius 2 is 1.44 bits per heavy atom. The average molecular weight is 360 g/mol. The van der Waals surface area contributed by atoms with Gasteiger partial charge in [0.05, 0.1) is 6.67 Å². The maximum Gasteiger partial charge on any atom is 0.175 e. The van der Waals surface area contributed by atoms with Crippen molar-refractivity contribution in [2.75, 3.05) is 6.67 Å². The molecule has 0 saturated heterocycles. The molecule has 142 valence electrons. The molecule has 25 heavy (non-hydrogen) atoms. The summed E-state index contributed by atoms with van der Waals surface area (Å²) in [4.78, 5) is 3.14. The molecule has 5 heteroatoms. The van der Waals surface area contributed by atoms with Crippen molar-refractivity contribution in [2.45, 2.75) is 58.3 Å². The fourth-order valence-corrected chi connectivity index (χ4v) is 4.10. The standard InChI is InChI=1S/C14H25F.C6H3F3O/c1-11-2-6-13(7-3-11)14-8-4-12(10-15)5-9-14;7-5-2-1-4(10-9)3-6(5)8/h11-14H,2-10H2,1H3;1-3H. The number of rotatable bonds is 3. The van der Waals surface area contributed by atoms with Crippen molar-refractivity contribution in [2.24, 2.45) is 23.7 Å². The molecule has 0 aromatic heterocycles. The van der Waals surface area contributed by atoms with Gasteiger partial charge in [-0.2, -0.15) is 0 Å². The molecule has 1 nitrogen and oxygen atoms in total. The molecule has 0 N–H and O–H groups in total. The third-order valence-electron chi connectivity index (χ3n) is 5.82. The monoisotopic (exact) mass is 360 g/mol. The first-order valence-corrected chi connectivity index (χ1v) is 9.33. The van der Waals surface area contributed by atoms with Gasteiger partial charge in [0.25, 0.3) is 0 Å². The summed E-state index contributed by atoms with van der Waals surface area (Å²) in [5, 5.41) is 0. The van der Waals surface area contributed by atoms with Crippen LogP contribution in [-0.4, -0.2) is 6.67 Å². The van der Waals surface area contributed by atoms with E-state index in [-0.39, 0.29) is 12.4 Å². The Balaban J connectivity index is 0.000000196. The summed E-state index contributed by atoms with van der Waals surface area (Å²) in [5.41, 5.74) is 0. The zero-order valence-electron chi connectivity index (χ0n) is 14.8. The average Bonchev–Trinajstić information content (AvgIpc) is 2.65. The normalized spacial score (nSPS) is 29.5. The predicted molar refractivity (Wildman–Crippen MR) is 90.6 cm³/mol. The van der Waals surface area contributed by atoms with Crippen LogP contribution in [0, 0.1) is 35.3 Å². The SMILES string of the molecule is CC1CCC(C2CCC(CF)CC2)CC1.FOc1ccc(F)c(F)c1. The molecular weight excluding hydrogens is 332 g/mol. The molecule has 0 aliphatic heterocycles. The van der Waals surface area contributed by atoms with E-state index in [0.29, 0.717) is 12.0 Å². The van der Waals surface area contributed by atoms with Gasteiger partial charge < -0.3 is 0 Å². The van der Waals surface area contributed by atoms with Crippen molar-refractivity contribution in [3.05, 3.63) is 29.8 Å². The van der Waals surface area contributed by atoms with Crippen molar-refractivity contribution in [3.63, 3.8) is 0 Å². The van der Waals surface area contributed by atoms with E-state index in [9.17, 15) is 17.7 Å². The van der Waals surface area contributed by atoms with Gasteiger partial charge in [0.15, 0.2) is 17.4 Å². The lowest BCUT2D eigenvalue weighted by Gasteiger charge is -2.36. The molecule has 1 aromatic carbocycles. The smallest absolute Gasteiger partial charge is 0.175 e. The largest absolute Gasteiger partial charge is 0.294 e. The van der Waals surface area contributed by atoms with Gasteiger partial charge in [0, 0.05) is 10.6 Å². The van der Waals surface area contributed by atoms with E-state index >= 15 is 0 Å². The number of alkyl halides is 1. The molecule has 2 aliphatic carbocycles. The molecular formula is C20H28F4O. The molecule has 2 aliphatic rings. The highest BCUT2D eigenvalue weighted by atomic mass is 19.3. The van der Waals surface area contributed by atoms with E-state index in [2.05, 4.69) is 11.9 Å². The Hall–Kier alpha value is -1.26. The fraction of sp³-hybridized carbons (Fsp3) is 0.700. The Morgan fingerprint density at radius 1 is 0.880 bits per heavy atom. The Bertz CT molecular complexity index is 506. The molecule has 2 saturated carbocycles. The third kappa shape index (κ3) is 6.19. The van der Waals surface area contributed by atoms with Crippen LogP contribution >= 0.6 is 0 Å². The quantitative estimate of drug-likeness (QED) is 0.538. The number of hydrogen-bond acceptors (Lipinski definition) is 1. The van der Waals surface area contributed by atoms with Crippen molar-refractivity contribution < 1.29 is 22.6 Å². The highest BCUT2D eigenvalue weighted by Crippen LogP contribution is 2.41. The van der Waals surface area contributed by atoms with Gasteiger partial charge in [0.2, 0.25) is 0 Å². The molecule has 2 fully saturated rings. The first-order chi connectivity index (χ1) is 12.0. The summed E-state index contributed by atoms with van der Waals surface area (Å²) in [5.74, 6) is 0.795. The van der Waals surface area contributed by atoms with Crippen molar-refractivity contribution in [1.82, 2.24) is 0 Å². The van der Waals surface area contributed by atoms with Crippen LogP contribution in [0.15, 0.2) is 18.2 Å². The maximum absolute atomic E-state index is 12.5. The lowest BCUT2D eigenvalue weighted by atomic mass is 9.69. The summed E-state index contributed by atoms with van der Waals surface area (Å²) in [6.07, 6.45) is 10.7. The summed E-state index contributed by atoms with van der Waals surface area (Å²) in [6, 6.07) is 2.39. The summed E-state index contributed by atoms with van der Waals surface area (Å²) >= 11 is 0. The zero-order valence-corrected chi connectivity index (χ0v) is 14.8. The Kier molecular flexibility index (Phi) is 8.04. The fourth-order valence-electron chi connectivity index (χ4n) is 4.10. The van der Waals surface area contributed by atoms with E-state index < -0.39 is 11.6 Å². The number of halogens is 4. The molecule has 0 unspecified atom stereocenters. The Morgan fingerprint density at radius 3 is 1.92 bits per heavy atom. The van der Waals surface area contributed by atoms with Crippen LogP contribution in [0.1, 0.15) is 58.3 Å². The predicted octanol–water partition coefficient (Wildman–Crippen LogP) is 6.82. The van der Waals surface area contributed by atoms with Crippen LogP contribution in [0.25, 0.3) is 0 Å². The van der Waals surface area contributed by atoms with Gasteiger partial charge in [-0.3, -0.25) is 9.33 Å². The second-order valence-electron chi connectivity index (χ2n) is 7.61. The van der Waals surface area contributed by atoms with Crippen LogP contribution < -0.4 is 4.94 Å². The Labute approximate surface area is 147 Å². The third-order valence-corrected chi connectivity index (χ3v) is 5.82. The highest BCUT2D eigenvalue weighted by molar-refractivity contribution is 5.22. The van der Waals surface area contributed by atoms with Gasteiger partial charge in [-0.15, -0.1) is 0 Å². The van der Waals surface area contributed by atoms with Crippen molar-refractivity contribution in [3.8, 4) is 5.75 Å². The molecule has 0 bridgehead atoms. The van der Waals surface area contributed by atoms with E-state index in [1.807, 2.05) is 0 Å². The molecule has 0 amide bonds. The number of benzene rings is 1. The van der Waals surface area contributed by atoms with Crippen LogP contribution in [0.5, 0.6) is 5.75 Å². The first kappa shape index (κ1) is 20.1. The van der Waals surface area contributed by atoms with E-state index in [4.69, 9.17) is 0 Å². The van der Waals surface area contributed by atoms with Crippen LogP contribution in [0.2, 0.25) is 0 Å². The van der Waals surface area contributed by atoms with Crippen LogP contribution in [0.4, 0.5) is 17.7 Å². The van der Waals surface area contributed by atoms with Gasteiger partial charge in [0.1, 0.15) is 0 Å². The second-order valence-corrected chi connectivity index (χ2v) is 7.61. The van der Waals surface area contributed by atoms with E-state index in [0.717, 1.165) is 42.7 Å². The van der Waals surface area contributed by atoms with Crippen LogP contribution in [0.3, 0.4) is 0 Å². The van der Waals surface area contributed by atoms with Gasteiger partial charge >= 0.3 is 0 Å². The minimum absolute atomic E-state index is 0.0750. The molecule has 0 atom stereocenters. The van der Waals surface area contributed by atoms with E-state index in [1.165, 1.54) is 38.5 Å². The minimum atomic E-state index is -1.13. The molecule has 0 heterocycles. The minimum Gasteiger partial charge on any atom is -0.294 e. The highest BCUT2D eigenvalue weighted by Gasteiger charge is 2.29. The molecule has 3 rings (SSSR count). The summed E-state index contributed by atoms with van der Waals surface area (Å²) in [6.45, 7) is 2.31. The maximum atomic E-state index is 12.5. The van der Waals surface area contributed by atoms with Gasteiger partial charge in [-0.1, -0.05) is 19.8 Å². The topological polar surface area (TPSA) is 9.23 Å². The van der Waals surface area contributed by atoms with Crippen molar-refractivity contribution in [1.29, 1.82) is 0 Å². The zero-order chi connectivity index (χ0) is 18.2. The van der Waals surface area contributed by atoms with Crippen molar-refractivity contribution >= 4 is 0 Å². The summed E-state index contributed by atoms with van der Waals surface area (Å²) in [7, 11) is 0. The summed E-state index contributed by atoms with van der Waals surface area (Å²) < 4.78 is 48.0. The van der Waals surface area contributed by atoms with Gasteiger partial charge in [-0.25, -0.2) is 8.78 Å². The molecule has 1 aromatic rings.